The zero-order valence-electron chi connectivity index (χ0n) is 11.5. The number of rotatable bonds is 4. The van der Waals surface area contributed by atoms with E-state index in [0.717, 1.165) is 6.26 Å². The zero-order valence-corrected chi connectivity index (χ0v) is 13.0. The molecule has 2 rings (SSSR count). The summed E-state index contributed by atoms with van der Waals surface area (Å²) in [6.07, 6.45) is 1.14. The summed E-state index contributed by atoms with van der Waals surface area (Å²) in [6, 6.07) is 1.46. The van der Waals surface area contributed by atoms with Crippen LogP contribution < -0.4 is 5.32 Å². The van der Waals surface area contributed by atoms with Crippen LogP contribution in [0.15, 0.2) is 18.1 Å². The highest BCUT2D eigenvalue weighted by Crippen LogP contribution is 2.25. The fourth-order valence-corrected chi connectivity index (χ4v) is 1.90. The quantitative estimate of drug-likeness (QED) is 0.839. The van der Waals surface area contributed by atoms with Crippen LogP contribution >= 0.6 is 23.2 Å². The van der Waals surface area contributed by atoms with E-state index in [1.807, 2.05) is 0 Å². The molecule has 1 aromatic rings. The van der Waals surface area contributed by atoms with Crippen LogP contribution in [0.5, 0.6) is 0 Å². The van der Waals surface area contributed by atoms with Crippen LogP contribution in [0.3, 0.4) is 0 Å². The van der Waals surface area contributed by atoms with Gasteiger partial charge >= 0.3 is 5.97 Å². The molecular weight excluding hydrogens is 335 g/mol. The number of hydrogen-bond donors (Lipinski definition) is 1. The Morgan fingerprint density at radius 3 is 2.82 bits per heavy atom. The first-order valence-electron chi connectivity index (χ1n) is 6.21. The largest absolute Gasteiger partial charge is 0.493 e. The maximum atomic E-state index is 11.7. The molecule has 0 unspecified atom stereocenters. The van der Waals surface area contributed by atoms with Gasteiger partial charge in [-0.05, 0) is 13.0 Å². The lowest BCUT2D eigenvalue weighted by Crippen LogP contribution is -2.24. The molecule has 9 heteroatoms. The third-order valence-corrected chi connectivity index (χ3v) is 3.22. The van der Waals surface area contributed by atoms with Crippen molar-refractivity contribution in [1.82, 2.24) is 4.98 Å². The summed E-state index contributed by atoms with van der Waals surface area (Å²) in [6.45, 7) is 1.76. The number of halogens is 2. The van der Waals surface area contributed by atoms with Gasteiger partial charge in [0, 0.05) is 0 Å². The van der Waals surface area contributed by atoms with Crippen LogP contribution in [0.4, 0.5) is 5.82 Å². The van der Waals surface area contributed by atoms with E-state index in [9.17, 15) is 9.59 Å². The number of carbonyl (C=O) groups excluding carboxylic acids is 2. The lowest BCUT2D eigenvalue weighted by Gasteiger charge is -2.14. The molecule has 0 spiro atoms. The molecule has 1 aliphatic rings. The number of hydrogen-bond acceptors (Lipinski definition) is 6. The van der Waals surface area contributed by atoms with Crippen LogP contribution in [0, 0.1) is 6.92 Å². The fourth-order valence-electron chi connectivity index (χ4n) is 1.49. The molecule has 0 atom stereocenters. The Hall–Kier alpha value is -1.99. The first kappa shape index (κ1) is 16.4. The van der Waals surface area contributed by atoms with Gasteiger partial charge in [-0.3, -0.25) is 4.79 Å². The second-order valence-corrected chi connectivity index (χ2v) is 5.03. The van der Waals surface area contributed by atoms with Crippen LogP contribution in [0.1, 0.15) is 5.69 Å². The highest BCUT2D eigenvalue weighted by Gasteiger charge is 2.18. The minimum atomic E-state index is -0.791. The number of ether oxygens (including phenoxy) is 3. The lowest BCUT2D eigenvalue weighted by atomic mass is 10.3. The van der Waals surface area contributed by atoms with Gasteiger partial charge in [0.15, 0.2) is 12.4 Å². The van der Waals surface area contributed by atoms with Gasteiger partial charge in [-0.15, -0.1) is 0 Å². The molecule has 0 fully saturated rings. The number of aromatic nitrogens is 1. The zero-order chi connectivity index (χ0) is 16.1. The Kier molecular flexibility index (Phi) is 5.46. The number of carbonyl (C=O) groups is 2. The molecule has 0 radical (unpaired) electrons. The molecule has 0 saturated heterocycles. The van der Waals surface area contributed by atoms with E-state index in [0.29, 0.717) is 17.3 Å². The van der Waals surface area contributed by atoms with Crippen molar-refractivity contribution in [3.05, 3.63) is 33.8 Å². The summed E-state index contributed by atoms with van der Waals surface area (Å²) in [5.74, 6) is -1.33. The average Bonchev–Trinajstić information content (AvgIpc) is 2.51. The molecule has 7 nitrogen and oxygen atoms in total. The number of pyridine rings is 1. The Labute approximate surface area is 136 Å². The predicted octanol–water partition coefficient (Wildman–Crippen LogP) is 2.07. The van der Waals surface area contributed by atoms with E-state index in [-0.39, 0.29) is 23.2 Å². The van der Waals surface area contributed by atoms with Crippen LogP contribution in [-0.2, 0) is 23.8 Å². The number of nitrogens with one attached hydrogen (secondary N) is 1. The van der Waals surface area contributed by atoms with Crippen molar-refractivity contribution in [2.75, 3.05) is 25.1 Å². The third kappa shape index (κ3) is 4.25. The molecule has 22 heavy (non-hydrogen) atoms. The molecular formula is C13H12Cl2N2O5. The van der Waals surface area contributed by atoms with E-state index in [1.165, 1.54) is 6.07 Å². The minimum absolute atomic E-state index is 0.0856. The number of nitrogens with zero attached hydrogens (tertiary/aromatic N) is 1. The molecule has 118 valence electrons. The third-order valence-electron chi connectivity index (χ3n) is 2.55. The number of amides is 1. The standard InChI is InChI=1S/C13H12Cl2N2O5/c1-7-8(14)4-9(15)12(16-7)17-11(18)6-22-13(19)10-5-20-2-3-21-10/h4-5H,2-3,6H2,1H3,(H,16,17,18). The monoisotopic (exact) mass is 346 g/mol. The van der Waals surface area contributed by atoms with Crippen LogP contribution in [-0.4, -0.2) is 36.7 Å². The Bertz CT molecular complexity index is 633. The Morgan fingerprint density at radius 1 is 1.36 bits per heavy atom. The highest BCUT2D eigenvalue weighted by atomic mass is 35.5. The van der Waals surface area contributed by atoms with Crippen molar-refractivity contribution in [3.63, 3.8) is 0 Å². The van der Waals surface area contributed by atoms with Crippen LogP contribution in [0.25, 0.3) is 0 Å². The molecule has 1 aromatic heterocycles. The second kappa shape index (κ2) is 7.33. The molecule has 1 aliphatic heterocycles. The van der Waals surface area contributed by atoms with Crippen molar-refractivity contribution in [3.8, 4) is 0 Å². The summed E-state index contributed by atoms with van der Waals surface area (Å²) in [4.78, 5) is 27.4. The first-order chi connectivity index (χ1) is 10.5. The van der Waals surface area contributed by atoms with Gasteiger partial charge in [0.05, 0.1) is 15.7 Å². The number of anilines is 1. The lowest BCUT2D eigenvalue weighted by molar-refractivity contribution is -0.148. The van der Waals surface area contributed by atoms with Crippen molar-refractivity contribution < 1.29 is 23.8 Å². The molecule has 1 amide bonds. The Morgan fingerprint density at radius 2 is 2.14 bits per heavy atom. The normalized spacial score (nSPS) is 13.5. The van der Waals surface area contributed by atoms with Crippen LogP contribution in [0.2, 0.25) is 10.0 Å². The number of esters is 1. The van der Waals surface area contributed by atoms with E-state index in [1.54, 1.807) is 6.92 Å². The molecule has 0 saturated carbocycles. The van der Waals surface area contributed by atoms with Gasteiger partial charge in [0.25, 0.3) is 5.91 Å². The molecule has 0 bridgehead atoms. The van der Waals surface area contributed by atoms with E-state index < -0.39 is 18.5 Å². The SMILES string of the molecule is Cc1nc(NC(=O)COC(=O)C2=COCCO2)c(Cl)cc1Cl. The smallest absolute Gasteiger partial charge is 0.377 e. The second-order valence-electron chi connectivity index (χ2n) is 4.21. The van der Waals surface area contributed by atoms with E-state index in [2.05, 4.69) is 10.3 Å². The molecule has 1 N–H and O–H groups in total. The van der Waals surface area contributed by atoms with E-state index >= 15 is 0 Å². The molecule has 2 heterocycles. The fraction of sp³-hybridized carbons (Fsp3) is 0.308. The maximum absolute atomic E-state index is 11.7. The van der Waals surface area contributed by atoms with E-state index in [4.69, 9.17) is 37.4 Å². The number of aryl methyl sites for hydroxylation is 1. The van der Waals surface area contributed by atoms with Crippen molar-refractivity contribution in [1.29, 1.82) is 0 Å². The topological polar surface area (TPSA) is 86.8 Å². The molecule has 0 aromatic carbocycles. The predicted molar refractivity (Wildman–Crippen MR) is 78.6 cm³/mol. The van der Waals surface area contributed by atoms with Gasteiger partial charge in [0.1, 0.15) is 19.5 Å². The maximum Gasteiger partial charge on any atom is 0.377 e. The van der Waals surface area contributed by atoms with Gasteiger partial charge in [-0.25, -0.2) is 9.78 Å². The van der Waals surface area contributed by atoms with Gasteiger partial charge in [0.2, 0.25) is 5.76 Å². The van der Waals surface area contributed by atoms with Gasteiger partial charge in [-0.2, -0.15) is 0 Å². The van der Waals surface area contributed by atoms with Crippen molar-refractivity contribution >= 4 is 40.9 Å². The summed E-state index contributed by atoms with van der Waals surface area (Å²) in [7, 11) is 0. The summed E-state index contributed by atoms with van der Waals surface area (Å²) < 4.78 is 14.7. The Balaban J connectivity index is 1.89. The minimum Gasteiger partial charge on any atom is -0.493 e. The van der Waals surface area contributed by atoms with Crippen molar-refractivity contribution in [2.24, 2.45) is 0 Å². The first-order valence-corrected chi connectivity index (χ1v) is 6.97. The summed E-state index contributed by atoms with van der Waals surface area (Å²) in [5.41, 5.74) is 0.510. The summed E-state index contributed by atoms with van der Waals surface area (Å²) >= 11 is 11.8. The molecule has 0 aliphatic carbocycles. The highest BCUT2D eigenvalue weighted by molar-refractivity contribution is 6.36. The summed E-state index contributed by atoms with van der Waals surface area (Å²) in [5, 5.41) is 2.99. The van der Waals surface area contributed by atoms with Gasteiger partial charge in [-0.1, -0.05) is 23.2 Å². The average molecular weight is 347 g/mol. The van der Waals surface area contributed by atoms with Gasteiger partial charge < -0.3 is 19.5 Å². The van der Waals surface area contributed by atoms with Crippen molar-refractivity contribution in [2.45, 2.75) is 6.92 Å².